The van der Waals surface area contributed by atoms with Gasteiger partial charge in [-0.3, -0.25) is 4.99 Å². The van der Waals surface area contributed by atoms with Gasteiger partial charge in [-0.15, -0.1) is 24.0 Å². The highest BCUT2D eigenvalue weighted by Gasteiger charge is 2.25. The Balaban J connectivity index is 0.00000300. The summed E-state index contributed by atoms with van der Waals surface area (Å²) in [5, 5.41) is 6.80. The number of hydrogen-bond donors (Lipinski definition) is 2. The summed E-state index contributed by atoms with van der Waals surface area (Å²) in [4.78, 5) is 12.6. The SMILES string of the molecule is CN=C(NCCc1ccc(N(C)C)cc1)NC1CCN(c2ncccc2F)C1.I. The van der Waals surface area contributed by atoms with Crippen molar-refractivity contribution >= 4 is 41.4 Å². The quantitative estimate of drug-likeness (QED) is 0.354. The van der Waals surface area contributed by atoms with Gasteiger partial charge in [0.2, 0.25) is 0 Å². The molecule has 0 bridgehead atoms. The lowest BCUT2D eigenvalue weighted by atomic mass is 10.1. The number of nitrogens with zero attached hydrogens (tertiary/aromatic N) is 4. The first kappa shape index (κ1) is 23.2. The molecule has 1 saturated heterocycles. The Hall–Kier alpha value is -2.10. The normalized spacial score (nSPS) is 16.3. The molecular formula is C21H30FIN6. The van der Waals surface area contributed by atoms with Gasteiger partial charge in [0.25, 0.3) is 0 Å². The Morgan fingerprint density at radius 2 is 2.03 bits per heavy atom. The fraction of sp³-hybridized carbons (Fsp3) is 0.429. The topological polar surface area (TPSA) is 55.8 Å². The molecule has 2 N–H and O–H groups in total. The van der Waals surface area contributed by atoms with Crippen LogP contribution in [0.15, 0.2) is 47.6 Å². The number of nitrogens with one attached hydrogen (secondary N) is 2. The molecule has 29 heavy (non-hydrogen) atoms. The average molecular weight is 512 g/mol. The monoisotopic (exact) mass is 512 g/mol. The lowest BCUT2D eigenvalue weighted by Gasteiger charge is -2.20. The number of aliphatic imine (C=N–C) groups is 1. The molecule has 1 aromatic heterocycles. The molecule has 1 atom stereocenters. The Kier molecular flexibility index (Phi) is 8.94. The lowest BCUT2D eigenvalue weighted by Crippen LogP contribution is -2.45. The smallest absolute Gasteiger partial charge is 0.191 e. The van der Waals surface area contributed by atoms with Gasteiger partial charge in [0.15, 0.2) is 17.6 Å². The molecule has 0 aliphatic carbocycles. The molecule has 1 fully saturated rings. The predicted octanol–water partition coefficient (Wildman–Crippen LogP) is 2.89. The first-order chi connectivity index (χ1) is 13.6. The second-order valence-corrected chi connectivity index (χ2v) is 7.19. The van der Waals surface area contributed by atoms with E-state index in [0.29, 0.717) is 12.4 Å². The van der Waals surface area contributed by atoms with Crippen LogP contribution in [-0.2, 0) is 6.42 Å². The zero-order valence-electron chi connectivity index (χ0n) is 17.2. The van der Waals surface area contributed by atoms with Crippen molar-refractivity contribution in [3.63, 3.8) is 0 Å². The minimum Gasteiger partial charge on any atom is -0.378 e. The summed E-state index contributed by atoms with van der Waals surface area (Å²) in [5.41, 5.74) is 2.48. The number of benzene rings is 1. The van der Waals surface area contributed by atoms with Crippen molar-refractivity contribution in [2.24, 2.45) is 4.99 Å². The number of aromatic nitrogens is 1. The fourth-order valence-corrected chi connectivity index (χ4v) is 3.35. The minimum atomic E-state index is -0.272. The van der Waals surface area contributed by atoms with Gasteiger partial charge in [0.05, 0.1) is 0 Å². The maximum atomic E-state index is 13.9. The van der Waals surface area contributed by atoms with Crippen molar-refractivity contribution in [2.75, 3.05) is 50.6 Å². The summed E-state index contributed by atoms with van der Waals surface area (Å²) in [6.45, 7) is 2.29. The van der Waals surface area contributed by atoms with E-state index in [1.165, 1.54) is 17.3 Å². The summed E-state index contributed by atoms with van der Waals surface area (Å²) >= 11 is 0. The van der Waals surface area contributed by atoms with Crippen LogP contribution in [0.3, 0.4) is 0 Å². The van der Waals surface area contributed by atoms with E-state index in [2.05, 4.69) is 49.8 Å². The van der Waals surface area contributed by atoms with Crippen LogP contribution in [0.4, 0.5) is 15.9 Å². The van der Waals surface area contributed by atoms with Crippen LogP contribution in [0.5, 0.6) is 0 Å². The molecule has 1 aliphatic heterocycles. The molecule has 0 spiro atoms. The second-order valence-electron chi connectivity index (χ2n) is 7.19. The van der Waals surface area contributed by atoms with Crippen LogP contribution >= 0.6 is 24.0 Å². The molecule has 1 unspecified atom stereocenters. The fourth-order valence-electron chi connectivity index (χ4n) is 3.35. The molecule has 0 amide bonds. The van der Waals surface area contributed by atoms with Crippen LogP contribution in [0.25, 0.3) is 0 Å². The first-order valence-electron chi connectivity index (χ1n) is 9.65. The second kappa shape index (κ2) is 11.2. The highest BCUT2D eigenvalue weighted by molar-refractivity contribution is 14.0. The average Bonchev–Trinajstić information content (AvgIpc) is 3.16. The highest BCUT2D eigenvalue weighted by Crippen LogP contribution is 2.20. The summed E-state index contributed by atoms with van der Waals surface area (Å²) in [6.07, 6.45) is 3.47. The summed E-state index contributed by atoms with van der Waals surface area (Å²) in [6, 6.07) is 11.9. The molecule has 1 aliphatic rings. The third-order valence-electron chi connectivity index (χ3n) is 4.95. The van der Waals surface area contributed by atoms with Gasteiger partial charge in [-0.2, -0.15) is 0 Å². The van der Waals surface area contributed by atoms with Crippen LogP contribution in [0.1, 0.15) is 12.0 Å². The number of hydrogen-bond acceptors (Lipinski definition) is 4. The Morgan fingerprint density at radius 1 is 1.28 bits per heavy atom. The van der Waals surface area contributed by atoms with Gasteiger partial charge in [0, 0.05) is 58.7 Å². The van der Waals surface area contributed by atoms with E-state index < -0.39 is 0 Å². The number of halogens is 2. The summed E-state index contributed by atoms with van der Waals surface area (Å²) in [7, 11) is 5.85. The molecule has 6 nitrogen and oxygen atoms in total. The van der Waals surface area contributed by atoms with Gasteiger partial charge < -0.3 is 20.4 Å². The van der Waals surface area contributed by atoms with Crippen molar-refractivity contribution < 1.29 is 4.39 Å². The molecule has 0 saturated carbocycles. The van der Waals surface area contributed by atoms with Crippen molar-refractivity contribution in [1.29, 1.82) is 0 Å². The van der Waals surface area contributed by atoms with E-state index in [1.54, 1.807) is 19.3 Å². The van der Waals surface area contributed by atoms with E-state index in [-0.39, 0.29) is 35.8 Å². The van der Waals surface area contributed by atoms with E-state index in [4.69, 9.17) is 0 Å². The number of anilines is 2. The molecule has 158 valence electrons. The third-order valence-corrected chi connectivity index (χ3v) is 4.95. The lowest BCUT2D eigenvalue weighted by molar-refractivity contribution is 0.612. The maximum Gasteiger partial charge on any atom is 0.191 e. The largest absolute Gasteiger partial charge is 0.378 e. The zero-order valence-corrected chi connectivity index (χ0v) is 19.6. The minimum absolute atomic E-state index is 0. The van der Waals surface area contributed by atoms with Crippen LogP contribution in [0, 0.1) is 5.82 Å². The van der Waals surface area contributed by atoms with Gasteiger partial charge in [-0.05, 0) is 42.7 Å². The summed E-state index contributed by atoms with van der Waals surface area (Å²) in [5.74, 6) is 0.931. The van der Waals surface area contributed by atoms with Crippen LogP contribution in [0.2, 0.25) is 0 Å². The zero-order chi connectivity index (χ0) is 19.9. The third kappa shape index (κ3) is 6.45. The van der Waals surface area contributed by atoms with Crippen molar-refractivity contribution in [3.8, 4) is 0 Å². The molecule has 2 heterocycles. The standard InChI is InChI=1S/C21H29FN6.HI/c1-23-21(25-13-10-16-6-8-18(9-7-16)27(2)3)26-17-11-14-28(15-17)20-19(22)5-4-12-24-20;/h4-9,12,17H,10-11,13-15H2,1-3H3,(H2,23,25,26);1H. The van der Waals surface area contributed by atoms with Gasteiger partial charge in [0.1, 0.15) is 0 Å². The van der Waals surface area contributed by atoms with E-state index in [0.717, 1.165) is 31.9 Å². The molecule has 0 radical (unpaired) electrons. The van der Waals surface area contributed by atoms with Crippen molar-refractivity contribution in [2.45, 2.75) is 18.9 Å². The Bertz CT molecular complexity index is 796. The number of pyridine rings is 1. The predicted molar refractivity (Wildman–Crippen MR) is 129 cm³/mol. The Morgan fingerprint density at radius 3 is 2.69 bits per heavy atom. The van der Waals surface area contributed by atoms with E-state index in [9.17, 15) is 4.39 Å². The van der Waals surface area contributed by atoms with Crippen LogP contribution < -0.4 is 20.4 Å². The molecule has 3 rings (SSSR count). The van der Waals surface area contributed by atoms with Gasteiger partial charge in [-0.1, -0.05) is 12.1 Å². The highest BCUT2D eigenvalue weighted by atomic mass is 127. The van der Waals surface area contributed by atoms with Crippen molar-refractivity contribution in [3.05, 3.63) is 54.0 Å². The van der Waals surface area contributed by atoms with E-state index in [1.807, 2.05) is 19.0 Å². The number of guanidine groups is 1. The number of rotatable bonds is 6. The van der Waals surface area contributed by atoms with E-state index >= 15 is 0 Å². The first-order valence-corrected chi connectivity index (χ1v) is 9.65. The maximum absolute atomic E-state index is 13.9. The van der Waals surface area contributed by atoms with Gasteiger partial charge >= 0.3 is 0 Å². The van der Waals surface area contributed by atoms with Gasteiger partial charge in [-0.25, -0.2) is 9.37 Å². The summed E-state index contributed by atoms with van der Waals surface area (Å²) < 4.78 is 13.9. The molecule has 2 aromatic rings. The molecule has 8 heteroatoms. The Labute approximate surface area is 189 Å². The molecule has 1 aromatic carbocycles. The molecular weight excluding hydrogens is 482 g/mol. The van der Waals surface area contributed by atoms with Crippen LogP contribution in [-0.4, -0.2) is 57.8 Å². The van der Waals surface area contributed by atoms with Crippen molar-refractivity contribution in [1.82, 2.24) is 15.6 Å².